The second kappa shape index (κ2) is 11.4. The van der Waals surface area contributed by atoms with Gasteiger partial charge in [0.25, 0.3) is 0 Å². The highest BCUT2D eigenvalue weighted by atomic mass is 16.1. The van der Waals surface area contributed by atoms with Gasteiger partial charge in [0.2, 0.25) is 0 Å². The average molecular weight is 593 g/mol. The van der Waals surface area contributed by atoms with Crippen LogP contribution < -0.4 is 0 Å². The molecule has 46 heavy (non-hydrogen) atoms. The topological polar surface area (TPSA) is 60.7 Å². The second-order valence-corrected chi connectivity index (χ2v) is 11.4. The molecular weight excluding hydrogens is 564 g/mol. The molecular formula is C41H28N4O. The van der Waals surface area contributed by atoms with E-state index in [0.29, 0.717) is 28.6 Å². The number of carbonyl (C=O) groups is 1. The molecule has 6 aromatic carbocycles. The average Bonchev–Trinajstić information content (AvgIpc) is 3.46. The lowest BCUT2D eigenvalue weighted by Crippen LogP contribution is -2.03. The highest BCUT2D eigenvalue weighted by molar-refractivity contribution is 6.14. The summed E-state index contributed by atoms with van der Waals surface area (Å²) in [4.78, 5) is 28.3. The quantitative estimate of drug-likeness (QED) is 0.180. The Morgan fingerprint density at radius 2 is 0.978 bits per heavy atom. The van der Waals surface area contributed by atoms with Crippen molar-refractivity contribution in [1.82, 2.24) is 19.5 Å². The van der Waals surface area contributed by atoms with Crippen LogP contribution in [0.15, 0.2) is 152 Å². The van der Waals surface area contributed by atoms with E-state index in [2.05, 4.69) is 66.1 Å². The van der Waals surface area contributed by atoms with Crippen molar-refractivity contribution in [2.45, 2.75) is 6.92 Å². The molecule has 2 heterocycles. The standard InChI is InChI=1S/C41H28N4O/c1-27-16-23-33(24-17-27)45-36-15-9-8-14-34(36)35-25-22-32(26-37(35)45)38(46)28-18-20-31(21-19-28)41-43-39(29-10-4-2-5-11-29)42-40(44-41)30-12-6-3-7-13-30/h2-26H,1H3. The molecule has 0 radical (unpaired) electrons. The Balaban J connectivity index is 1.18. The van der Waals surface area contributed by atoms with Gasteiger partial charge in [-0.3, -0.25) is 4.79 Å². The number of para-hydroxylation sites is 1. The maximum Gasteiger partial charge on any atom is 0.193 e. The van der Waals surface area contributed by atoms with Crippen molar-refractivity contribution >= 4 is 27.6 Å². The minimum Gasteiger partial charge on any atom is -0.309 e. The molecule has 8 aromatic rings. The molecule has 0 aliphatic rings. The fourth-order valence-corrected chi connectivity index (χ4v) is 5.96. The molecule has 0 saturated heterocycles. The molecule has 0 bridgehead atoms. The molecule has 0 unspecified atom stereocenters. The molecule has 0 N–H and O–H groups in total. The van der Waals surface area contributed by atoms with Crippen molar-refractivity contribution in [3.63, 3.8) is 0 Å². The van der Waals surface area contributed by atoms with E-state index in [-0.39, 0.29) is 5.78 Å². The van der Waals surface area contributed by atoms with E-state index in [0.717, 1.165) is 44.2 Å². The van der Waals surface area contributed by atoms with Crippen LogP contribution in [0.1, 0.15) is 21.5 Å². The number of hydrogen-bond acceptors (Lipinski definition) is 4. The van der Waals surface area contributed by atoms with Crippen molar-refractivity contribution in [1.29, 1.82) is 0 Å². The predicted molar refractivity (Wildman–Crippen MR) is 185 cm³/mol. The third kappa shape index (κ3) is 4.94. The van der Waals surface area contributed by atoms with Gasteiger partial charge in [0.15, 0.2) is 23.3 Å². The van der Waals surface area contributed by atoms with Crippen LogP contribution in [0.25, 0.3) is 61.7 Å². The lowest BCUT2D eigenvalue weighted by molar-refractivity contribution is 0.103. The first-order chi connectivity index (χ1) is 22.6. The Hall–Kier alpha value is -6.20. The molecule has 0 atom stereocenters. The number of aryl methyl sites for hydroxylation is 1. The van der Waals surface area contributed by atoms with Gasteiger partial charge in [-0.1, -0.05) is 133 Å². The van der Waals surface area contributed by atoms with Crippen molar-refractivity contribution < 1.29 is 4.79 Å². The number of benzene rings is 6. The van der Waals surface area contributed by atoms with Gasteiger partial charge in [-0.2, -0.15) is 0 Å². The van der Waals surface area contributed by atoms with E-state index in [1.54, 1.807) is 0 Å². The number of hydrogen-bond donors (Lipinski definition) is 0. The zero-order valence-corrected chi connectivity index (χ0v) is 25.1. The van der Waals surface area contributed by atoms with Crippen LogP contribution in [-0.4, -0.2) is 25.3 Å². The first kappa shape index (κ1) is 27.4. The highest BCUT2D eigenvalue weighted by Crippen LogP contribution is 2.33. The first-order valence-corrected chi connectivity index (χ1v) is 15.2. The van der Waals surface area contributed by atoms with Crippen molar-refractivity contribution in [3.05, 3.63) is 168 Å². The van der Waals surface area contributed by atoms with Crippen LogP contribution in [0, 0.1) is 6.92 Å². The Morgan fingerprint density at radius 1 is 0.478 bits per heavy atom. The van der Waals surface area contributed by atoms with Gasteiger partial charge in [0.05, 0.1) is 11.0 Å². The summed E-state index contributed by atoms with van der Waals surface area (Å²) < 4.78 is 2.24. The normalized spacial score (nSPS) is 11.2. The van der Waals surface area contributed by atoms with Crippen LogP contribution in [-0.2, 0) is 0 Å². The maximum absolute atomic E-state index is 13.9. The number of fused-ring (bicyclic) bond motifs is 3. The Labute approximate surface area is 266 Å². The minimum atomic E-state index is -0.0419. The van der Waals surface area contributed by atoms with E-state index in [1.165, 1.54) is 5.56 Å². The maximum atomic E-state index is 13.9. The summed E-state index contributed by atoms with van der Waals surface area (Å²) in [7, 11) is 0. The molecule has 0 spiro atoms. The number of aromatic nitrogens is 4. The molecule has 2 aromatic heterocycles. The Bertz CT molecular complexity index is 2300. The van der Waals surface area contributed by atoms with Crippen molar-refractivity contribution in [2.75, 3.05) is 0 Å². The van der Waals surface area contributed by atoms with E-state index in [4.69, 9.17) is 15.0 Å². The summed E-state index contributed by atoms with van der Waals surface area (Å²) in [6.07, 6.45) is 0. The molecule has 218 valence electrons. The van der Waals surface area contributed by atoms with Crippen LogP contribution >= 0.6 is 0 Å². The van der Waals surface area contributed by atoms with Gasteiger partial charge in [0, 0.05) is 44.3 Å². The van der Waals surface area contributed by atoms with Crippen LogP contribution in [0.5, 0.6) is 0 Å². The molecule has 8 rings (SSSR count). The van der Waals surface area contributed by atoms with Crippen LogP contribution in [0.2, 0.25) is 0 Å². The number of nitrogens with zero attached hydrogens (tertiary/aromatic N) is 4. The van der Waals surface area contributed by atoms with Crippen LogP contribution in [0.4, 0.5) is 0 Å². The SMILES string of the molecule is Cc1ccc(-n2c3ccccc3c3ccc(C(=O)c4ccc(-c5nc(-c6ccccc6)nc(-c6ccccc6)n5)cc4)cc32)cc1. The Kier molecular flexibility index (Phi) is 6.77. The van der Waals surface area contributed by atoms with E-state index in [9.17, 15) is 4.79 Å². The third-order valence-corrected chi connectivity index (χ3v) is 8.33. The van der Waals surface area contributed by atoms with Gasteiger partial charge in [-0.15, -0.1) is 0 Å². The fraction of sp³-hybridized carbons (Fsp3) is 0.0244. The lowest BCUT2D eigenvalue weighted by Gasteiger charge is -2.10. The summed E-state index contributed by atoms with van der Waals surface area (Å²) in [6, 6.07) is 50.2. The molecule has 5 heteroatoms. The van der Waals surface area contributed by atoms with E-state index < -0.39 is 0 Å². The molecule has 0 amide bonds. The highest BCUT2D eigenvalue weighted by Gasteiger charge is 2.17. The molecule has 5 nitrogen and oxygen atoms in total. The summed E-state index contributed by atoms with van der Waals surface area (Å²) >= 11 is 0. The number of ketones is 1. The van der Waals surface area contributed by atoms with Gasteiger partial charge >= 0.3 is 0 Å². The van der Waals surface area contributed by atoms with Gasteiger partial charge in [-0.25, -0.2) is 15.0 Å². The molecule has 0 saturated carbocycles. The third-order valence-electron chi connectivity index (χ3n) is 8.33. The van der Waals surface area contributed by atoms with E-state index >= 15 is 0 Å². The first-order valence-electron chi connectivity index (χ1n) is 15.2. The summed E-state index contributed by atoms with van der Waals surface area (Å²) in [5.74, 6) is 1.71. The Morgan fingerprint density at radius 3 is 1.59 bits per heavy atom. The lowest BCUT2D eigenvalue weighted by atomic mass is 10.0. The molecule has 0 aliphatic carbocycles. The largest absolute Gasteiger partial charge is 0.309 e. The minimum absolute atomic E-state index is 0.0419. The summed E-state index contributed by atoms with van der Waals surface area (Å²) in [5.41, 5.74) is 8.24. The second-order valence-electron chi connectivity index (χ2n) is 11.4. The zero-order valence-electron chi connectivity index (χ0n) is 25.1. The van der Waals surface area contributed by atoms with Gasteiger partial charge < -0.3 is 4.57 Å². The summed E-state index contributed by atoms with van der Waals surface area (Å²) in [6.45, 7) is 2.09. The summed E-state index contributed by atoms with van der Waals surface area (Å²) in [5, 5.41) is 2.27. The molecule has 0 aliphatic heterocycles. The zero-order chi connectivity index (χ0) is 31.0. The smallest absolute Gasteiger partial charge is 0.193 e. The fourth-order valence-electron chi connectivity index (χ4n) is 5.96. The van der Waals surface area contributed by atoms with Crippen molar-refractivity contribution in [3.8, 4) is 39.9 Å². The van der Waals surface area contributed by atoms with Crippen molar-refractivity contribution in [2.24, 2.45) is 0 Å². The van der Waals surface area contributed by atoms with Crippen LogP contribution in [0.3, 0.4) is 0 Å². The monoisotopic (exact) mass is 592 g/mol. The predicted octanol–water partition coefficient (Wildman–Crippen LogP) is 9.51. The van der Waals surface area contributed by atoms with Gasteiger partial charge in [-0.05, 0) is 31.2 Å². The number of carbonyl (C=O) groups excluding carboxylic acids is 1. The molecule has 0 fully saturated rings. The number of rotatable bonds is 6. The van der Waals surface area contributed by atoms with Gasteiger partial charge in [0.1, 0.15) is 0 Å². The van der Waals surface area contributed by atoms with E-state index in [1.807, 2.05) is 97.1 Å².